The lowest BCUT2D eigenvalue weighted by atomic mass is 9.78. The highest BCUT2D eigenvalue weighted by molar-refractivity contribution is 5.69. The summed E-state index contributed by atoms with van der Waals surface area (Å²) in [7, 11) is 0. The van der Waals surface area contributed by atoms with Gasteiger partial charge in [0.1, 0.15) is 6.61 Å². The number of hydrogen-bond acceptors (Lipinski definition) is 4. The van der Waals surface area contributed by atoms with Crippen molar-refractivity contribution in [3.05, 3.63) is 35.9 Å². The van der Waals surface area contributed by atoms with Gasteiger partial charge in [-0.25, -0.2) is 4.79 Å². The molecule has 2 aliphatic heterocycles. The van der Waals surface area contributed by atoms with E-state index in [4.69, 9.17) is 9.47 Å². The summed E-state index contributed by atoms with van der Waals surface area (Å²) in [4.78, 5) is 14.4. The normalized spacial score (nSPS) is 32.5. The van der Waals surface area contributed by atoms with E-state index >= 15 is 0 Å². The second kappa shape index (κ2) is 6.37. The van der Waals surface area contributed by atoms with Gasteiger partial charge in [0.2, 0.25) is 0 Å². The van der Waals surface area contributed by atoms with Crippen LogP contribution in [0.1, 0.15) is 37.7 Å². The highest BCUT2D eigenvalue weighted by Crippen LogP contribution is 2.44. The molecule has 1 amide bonds. The first-order chi connectivity index (χ1) is 11.6. The van der Waals surface area contributed by atoms with Gasteiger partial charge in [0.25, 0.3) is 0 Å². The van der Waals surface area contributed by atoms with Gasteiger partial charge in [-0.2, -0.15) is 0 Å². The second-order valence-electron chi connectivity index (χ2n) is 7.57. The molecule has 2 bridgehead atoms. The standard InChI is InChI=1S/C19H25NO4/c21-18(24-11-15-4-2-1-3-5-15)20-16-9-19(22,8-14-6-7-14)10-17(20)13-23-12-16/h1-5,14,16-17,22H,6-13H2. The monoisotopic (exact) mass is 331 g/mol. The van der Waals surface area contributed by atoms with Crippen LogP contribution in [0.2, 0.25) is 0 Å². The zero-order valence-electron chi connectivity index (χ0n) is 13.9. The fourth-order valence-electron chi connectivity index (χ4n) is 4.19. The molecule has 5 nitrogen and oxygen atoms in total. The smallest absolute Gasteiger partial charge is 0.410 e. The molecule has 1 saturated carbocycles. The maximum atomic E-state index is 12.6. The summed E-state index contributed by atoms with van der Waals surface area (Å²) >= 11 is 0. The molecule has 2 unspecified atom stereocenters. The summed E-state index contributed by atoms with van der Waals surface area (Å²) in [6.07, 6.45) is 4.24. The third-order valence-electron chi connectivity index (χ3n) is 5.42. The molecular formula is C19H25NO4. The van der Waals surface area contributed by atoms with Crippen LogP contribution < -0.4 is 0 Å². The van der Waals surface area contributed by atoms with Crippen molar-refractivity contribution in [3.63, 3.8) is 0 Å². The van der Waals surface area contributed by atoms with Crippen molar-refractivity contribution in [1.82, 2.24) is 4.90 Å². The second-order valence-corrected chi connectivity index (χ2v) is 7.57. The zero-order chi connectivity index (χ0) is 16.6. The fourth-order valence-corrected chi connectivity index (χ4v) is 4.19. The number of rotatable bonds is 4. The van der Waals surface area contributed by atoms with Crippen molar-refractivity contribution in [3.8, 4) is 0 Å². The van der Waals surface area contributed by atoms with Crippen molar-refractivity contribution in [2.75, 3.05) is 13.2 Å². The number of fused-ring (bicyclic) bond motifs is 2. The summed E-state index contributed by atoms with van der Waals surface area (Å²) in [5.41, 5.74) is 0.339. The van der Waals surface area contributed by atoms with Gasteiger partial charge in [-0.1, -0.05) is 43.2 Å². The van der Waals surface area contributed by atoms with Gasteiger partial charge in [-0.15, -0.1) is 0 Å². The number of benzene rings is 1. The van der Waals surface area contributed by atoms with Crippen molar-refractivity contribution >= 4 is 6.09 Å². The van der Waals surface area contributed by atoms with Gasteiger partial charge in [-0.3, -0.25) is 4.90 Å². The van der Waals surface area contributed by atoms with Gasteiger partial charge in [0, 0.05) is 0 Å². The Morgan fingerprint density at radius 1 is 1.21 bits per heavy atom. The van der Waals surface area contributed by atoms with Crippen LogP contribution in [-0.2, 0) is 16.1 Å². The Morgan fingerprint density at radius 3 is 2.50 bits per heavy atom. The van der Waals surface area contributed by atoms with Crippen molar-refractivity contribution < 1.29 is 19.4 Å². The molecule has 2 saturated heterocycles. The molecule has 130 valence electrons. The number of carbonyl (C=O) groups excluding carboxylic acids is 1. The predicted octanol–water partition coefficient (Wildman–Crippen LogP) is 2.72. The Bertz CT molecular complexity index is 572. The molecule has 1 aliphatic carbocycles. The van der Waals surface area contributed by atoms with E-state index in [9.17, 15) is 9.90 Å². The first-order valence-electron chi connectivity index (χ1n) is 8.92. The summed E-state index contributed by atoms with van der Waals surface area (Å²) < 4.78 is 11.1. The third-order valence-corrected chi connectivity index (χ3v) is 5.42. The molecule has 1 aromatic rings. The first kappa shape index (κ1) is 15.9. The van der Waals surface area contributed by atoms with E-state index < -0.39 is 5.60 Å². The van der Waals surface area contributed by atoms with Gasteiger partial charge >= 0.3 is 6.09 Å². The lowest BCUT2D eigenvalue weighted by molar-refractivity contribution is -0.137. The van der Waals surface area contributed by atoms with Crippen LogP contribution in [0.25, 0.3) is 0 Å². The number of hydrogen-bond donors (Lipinski definition) is 1. The lowest BCUT2D eigenvalue weighted by Crippen LogP contribution is -2.63. The molecular weight excluding hydrogens is 306 g/mol. The molecule has 0 spiro atoms. The van der Waals surface area contributed by atoms with Gasteiger partial charge < -0.3 is 14.6 Å². The molecule has 1 N–H and O–H groups in total. The van der Waals surface area contributed by atoms with Crippen molar-refractivity contribution in [2.45, 2.75) is 56.4 Å². The lowest BCUT2D eigenvalue weighted by Gasteiger charge is -2.51. The summed E-state index contributed by atoms with van der Waals surface area (Å²) in [6, 6.07) is 9.55. The Balaban J connectivity index is 1.40. The van der Waals surface area contributed by atoms with Crippen LogP contribution in [-0.4, -0.2) is 47.0 Å². The number of amides is 1. The van der Waals surface area contributed by atoms with Crippen LogP contribution in [0, 0.1) is 5.92 Å². The Hall–Kier alpha value is -1.59. The maximum absolute atomic E-state index is 12.6. The van der Waals surface area contributed by atoms with E-state index in [1.54, 1.807) is 0 Å². The van der Waals surface area contributed by atoms with Crippen molar-refractivity contribution in [1.29, 1.82) is 0 Å². The van der Waals surface area contributed by atoms with E-state index in [0.717, 1.165) is 12.0 Å². The van der Waals surface area contributed by atoms with Crippen LogP contribution >= 0.6 is 0 Å². The van der Waals surface area contributed by atoms with E-state index in [0.29, 0.717) is 32.0 Å². The number of ether oxygens (including phenoxy) is 2. The Kier molecular flexibility index (Phi) is 4.22. The van der Waals surface area contributed by atoms with Crippen LogP contribution in [0.15, 0.2) is 30.3 Å². The van der Waals surface area contributed by atoms with E-state index in [-0.39, 0.29) is 24.8 Å². The minimum Gasteiger partial charge on any atom is -0.445 e. The summed E-state index contributed by atoms with van der Waals surface area (Å²) in [5.74, 6) is 0.674. The first-order valence-corrected chi connectivity index (χ1v) is 8.92. The Labute approximate surface area is 142 Å². The van der Waals surface area contributed by atoms with Gasteiger partial charge in [-0.05, 0) is 30.7 Å². The molecule has 1 aromatic carbocycles. The molecule has 5 heteroatoms. The van der Waals surface area contributed by atoms with Crippen LogP contribution in [0.5, 0.6) is 0 Å². The molecule has 0 aromatic heterocycles. The SMILES string of the molecule is O=C(OCc1ccccc1)N1C2COCC1CC(O)(CC1CC1)C2. The number of morpholine rings is 1. The summed E-state index contributed by atoms with van der Waals surface area (Å²) in [5, 5.41) is 11.0. The largest absolute Gasteiger partial charge is 0.445 e. The third kappa shape index (κ3) is 3.42. The van der Waals surface area contributed by atoms with E-state index in [1.165, 1.54) is 12.8 Å². The quantitative estimate of drug-likeness (QED) is 0.921. The molecule has 3 fully saturated rings. The molecule has 3 aliphatic rings. The number of aliphatic hydroxyl groups is 1. The zero-order valence-corrected chi connectivity index (χ0v) is 13.9. The average Bonchev–Trinajstić information content (AvgIpc) is 3.36. The number of carbonyl (C=O) groups is 1. The molecule has 2 heterocycles. The highest BCUT2D eigenvalue weighted by Gasteiger charge is 2.50. The predicted molar refractivity (Wildman–Crippen MR) is 88.4 cm³/mol. The van der Waals surface area contributed by atoms with Gasteiger partial charge in [0.05, 0.1) is 30.9 Å². The highest BCUT2D eigenvalue weighted by atomic mass is 16.6. The van der Waals surface area contributed by atoms with E-state index in [1.807, 2.05) is 35.2 Å². The topological polar surface area (TPSA) is 59.0 Å². The maximum Gasteiger partial charge on any atom is 0.410 e. The molecule has 24 heavy (non-hydrogen) atoms. The molecule has 2 atom stereocenters. The summed E-state index contributed by atoms with van der Waals surface area (Å²) in [6.45, 7) is 1.26. The van der Waals surface area contributed by atoms with Crippen LogP contribution in [0.4, 0.5) is 4.79 Å². The van der Waals surface area contributed by atoms with Crippen LogP contribution in [0.3, 0.4) is 0 Å². The minimum atomic E-state index is -0.642. The molecule has 0 radical (unpaired) electrons. The molecule has 4 rings (SSSR count). The Morgan fingerprint density at radius 2 is 1.88 bits per heavy atom. The number of nitrogens with zero attached hydrogens (tertiary/aromatic N) is 1. The van der Waals surface area contributed by atoms with Crippen molar-refractivity contribution in [2.24, 2.45) is 5.92 Å². The number of piperidine rings is 1. The fraction of sp³-hybridized carbons (Fsp3) is 0.632. The average molecular weight is 331 g/mol. The van der Waals surface area contributed by atoms with E-state index in [2.05, 4.69) is 0 Å². The minimum absolute atomic E-state index is 0.0791. The van der Waals surface area contributed by atoms with Gasteiger partial charge in [0.15, 0.2) is 0 Å².